The summed E-state index contributed by atoms with van der Waals surface area (Å²) >= 11 is 0. The smallest absolute Gasteiger partial charge is 0.251 e. The van der Waals surface area contributed by atoms with Gasteiger partial charge in [0.05, 0.1) is 0 Å². The van der Waals surface area contributed by atoms with Gasteiger partial charge in [-0.05, 0) is 43.9 Å². The van der Waals surface area contributed by atoms with E-state index in [1.54, 1.807) is 12.3 Å². The normalized spacial score (nSPS) is 11.0. The summed E-state index contributed by atoms with van der Waals surface area (Å²) in [6.07, 6.45) is 2.70. The second-order valence-electron chi connectivity index (χ2n) is 7.05. The van der Waals surface area contributed by atoms with Crippen molar-refractivity contribution in [3.63, 3.8) is 0 Å². The molecule has 0 atom stereocenters. The van der Waals surface area contributed by atoms with Gasteiger partial charge in [-0.15, -0.1) is 0 Å². The van der Waals surface area contributed by atoms with Gasteiger partial charge in [-0.25, -0.2) is 4.98 Å². The monoisotopic (exact) mass is 339 g/mol. The van der Waals surface area contributed by atoms with E-state index in [1.165, 1.54) is 5.56 Å². The molecule has 2 rings (SSSR count). The summed E-state index contributed by atoms with van der Waals surface area (Å²) in [5, 5.41) is 2.99. The molecule has 2 aromatic rings. The zero-order chi connectivity index (χ0) is 18.2. The number of pyridine rings is 1. The van der Waals surface area contributed by atoms with Crippen LogP contribution in [0.1, 0.15) is 50.0 Å². The molecule has 134 valence electrons. The minimum Gasteiger partial charge on any atom is -0.352 e. The molecule has 0 bridgehead atoms. The van der Waals surface area contributed by atoms with E-state index in [-0.39, 0.29) is 11.9 Å². The quantitative estimate of drug-likeness (QED) is 0.781. The van der Waals surface area contributed by atoms with Crippen LogP contribution in [0.3, 0.4) is 0 Å². The molecule has 0 aliphatic carbocycles. The molecular weight excluding hydrogens is 310 g/mol. The molecule has 0 spiro atoms. The van der Waals surface area contributed by atoms with Crippen LogP contribution in [0.2, 0.25) is 0 Å². The Morgan fingerprint density at radius 1 is 1.12 bits per heavy atom. The van der Waals surface area contributed by atoms with Gasteiger partial charge in [0.2, 0.25) is 0 Å². The van der Waals surface area contributed by atoms with E-state index in [1.807, 2.05) is 24.3 Å². The van der Waals surface area contributed by atoms with Crippen molar-refractivity contribution in [2.75, 3.05) is 11.4 Å². The van der Waals surface area contributed by atoms with E-state index < -0.39 is 0 Å². The number of hydrogen-bond donors (Lipinski definition) is 1. The molecule has 1 heterocycles. The van der Waals surface area contributed by atoms with E-state index >= 15 is 0 Å². The van der Waals surface area contributed by atoms with E-state index in [2.05, 4.69) is 55.0 Å². The molecule has 0 fully saturated rings. The maximum absolute atomic E-state index is 12.4. The Morgan fingerprint density at radius 2 is 1.84 bits per heavy atom. The van der Waals surface area contributed by atoms with E-state index in [0.717, 1.165) is 18.8 Å². The second-order valence-corrected chi connectivity index (χ2v) is 7.05. The van der Waals surface area contributed by atoms with Gasteiger partial charge < -0.3 is 10.2 Å². The third kappa shape index (κ3) is 5.89. The van der Waals surface area contributed by atoms with Gasteiger partial charge in [0.1, 0.15) is 5.82 Å². The maximum atomic E-state index is 12.4. The van der Waals surface area contributed by atoms with Gasteiger partial charge >= 0.3 is 0 Å². The highest BCUT2D eigenvalue weighted by Gasteiger charge is 2.15. The van der Waals surface area contributed by atoms with Crippen molar-refractivity contribution in [1.29, 1.82) is 0 Å². The highest BCUT2D eigenvalue weighted by molar-refractivity contribution is 5.94. The lowest BCUT2D eigenvalue weighted by atomic mass is 10.1. The van der Waals surface area contributed by atoms with Crippen LogP contribution < -0.4 is 10.2 Å². The fourth-order valence-electron chi connectivity index (χ4n) is 2.60. The Hall–Kier alpha value is -2.36. The molecule has 0 saturated heterocycles. The number of nitrogens with one attached hydrogen (secondary N) is 1. The molecule has 4 heteroatoms. The third-order valence-corrected chi connectivity index (χ3v) is 4.13. The fraction of sp³-hybridized carbons (Fsp3) is 0.429. The first kappa shape index (κ1) is 19.0. The number of benzene rings is 1. The van der Waals surface area contributed by atoms with Crippen molar-refractivity contribution in [2.24, 2.45) is 5.92 Å². The van der Waals surface area contributed by atoms with Gasteiger partial charge in [0.15, 0.2) is 0 Å². The molecule has 0 aliphatic heterocycles. The van der Waals surface area contributed by atoms with Crippen molar-refractivity contribution >= 4 is 11.7 Å². The van der Waals surface area contributed by atoms with Crippen molar-refractivity contribution in [1.82, 2.24) is 10.3 Å². The van der Waals surface area contributed by atoms with Gasteiger partial charge in [-0.3, -0.25) is 4.79 Å². The lowest BCUT2D eigenvalue weighted by Crippen LogP contribution is -2.31. The van der Waals surface area contributed by atoms with Crippen molar-refractivity contribution in [3.05, 3.63) is 59.8 Å². The molecule has 25 heavy (non-hydrogen) atoms. The van der Waals surface area contributed by atoms with Gasteiger partial charge in [0, 0.05) is 30.9 Å². The van der Waals surface area contributed by atoms with E-state index in [0.29, 0.717) is 18.0 Å². The Labute approximate surface area is 151 Å². The summed E-state index contributed by atoms with van der Waals surface area (Å²) in [5.41, 5.74) is 1.89. The number of carbonyl (C=O) groups is 1. The van der Waals surface area contributed by atoms with Gasteiger partial charge in [-0.2, -0.15) is 0 Å². The first-order valence-corrected chi connectivity index (χ1v) is 9.02. The molecule has 0 saturated carbocycles. The maximum Gasteiger partial charge on any atom is 0.251 e. The predicted molar refractivity (Wildman–Crippen MR) is 104 cm³/mol. The Bertz CT molecular complexity index is 668. The summed E-state index contributed by atoms with van der Waals surface area (Å²) in [6, 6.07) is 14.3. The minimum absolute atomic E-state index is 0.0345. The summed E-state index contributed by atoms with van der Waals surface area (Å²) in [4.78, 5) is 19.1. The summed E-state index contributed by atoms with van der Waals surface area (Å²) in [5.74, 6) is 1.37. The number of carbonyl (C=O) groups excluding carboxylic acids is 1. The summed E-state index contributed by atoms with van der Waals surface area (Å²) < 4.78 is 0. The topological polar surface area (TPSA) is 45.2 Å². The van der Waals surface area contributed by atoms with Crippen LogP contribution in [0.5, 0.6) is 0 Å². The van der Waals surface area contributed by atoms with E-state index in [9.17, 15) is 4.79 Å². The first-order chi connectivity index (χ1) is 12.0. The van der Waals surface area contributed by atoms with Gasteiger partial charge in [-0.1, -0.05) is 44.2 Å². The number of hydrogen-bond acceptors (Lipinski definition) is 3. The van der Waals surface area contributed by atoms with Crippen LogP contribution in [-0.4, -0.2) is 23.5 Å². The zero-order valence-corrected chi connectivity index (χ0v) is 15.7. The Morgan fingerprint density at radius 3 is 2.48 bits per heavy atom. The standard InChI is InChI=1S/C21H29N3O/c1-16(2)10-12-23-21(25)19-11-13-22-20(14-19)24(17(3)4)15-18-8-6-5-7-9-18/h5-9,11,13-14,16-17H,10,12,15H2,1-4H3,(H,23,25). The van der Waals surface area contributed by atoms with E-state index in [4.69, 9.17) is 0 Å². The lowest BCUT2D eigenvalue weighted by molar-refractivity contribution is 0.0952. The van der Waals surface area contributed by atoms with Crippen LogP contribution in [0.25, 0.3) is 0 Å². The second kappa shape index (κ2) is 9.21. The molecule has 0 aliphatic rings. The minimum atomic E-state index is -0.0345. The van der Waals surface area contributed by atoms with Crippen LogP contribution in [0, 0.1) is 5.92 Å². The number of rotatable bonds is 8. The predicted octanol–water partition coefficient (Wildman–Crippen LogP) is 4.27. The van der Waals surface area contributed by atoms with Crippen molar-refractivity contribution in [3.8, 4) is 0 Å². The number of anilines is 1. The SMILES string of the molecule is CC(C)CCNC(=O)c1ccnc(N(Cc2ccccc2)C(C)C)c1. The number of aromatic nitrogens is 1. The van der Waals surface area contributed by atoms with Crippen LogP contribution in [0.4, 0.5) is 5.82 Å². The number of amides is 1. The zero-order valence-electron chi connectivity index (χ0n) is 15.7. The molecule has 4 nitrogen and oxygen atoms in total. The lowest BCUT2D eigenvalue weighted by Gasteiger charge is -2.28. The fourth-order valence-corrected chi connectivity index (χ4v) is 2.60. The van der Waals surface area contributed by atoms with Crippen LogP contribution in [0.15, 0.2) is 48.7 Å². The van der Waals surface area contributed by atoms with Crippen LogP contribution in [-0.2, 0) is 6.54 Å². The molecule has 1 aromatic heterocycles. The summed E-state index contributed by atoms with van der Waals surface area (Å²) in [7, 11) is 0. The molecular formula is C21H29N3O. The average molecular weight is 339 g/mol. The van der Waals surface area contributed by atoms with Crippen molar-refractivity contribution < 1.29 is 4.79 Å². The molecule has 0 unspecified atom stereocenters. The third-order valence-electron chi connectivity index (χ3n) is 4.13. The largest absolute Gasteiger partial charge is 0.352 e. The first-order valence-electron chi connectivity index (χ1n) is 9.02. The Balaban J connectivity index is 2.12. The molecule has 1 N–H and O–H groups in total. The molecule has 1 amide bonds. The Kier molecular flexibility index (Phi) is 6.99. The highest BCUT2D eigenvalue weighted by atomic mass is 16.1. The van der Waals surface area contributed by atoms with Gasteiger partial charge in [0.25, 0.3) is 5.91 Å². The van der Waals surface area contributed by atoms with Crippen molar-refractivity contribution in [2.45, 2.75) is 46.7 Å². The molecule has 1 aromatic carbocycles. The highest BCUT2D eigenvalue weighted by Crippen LogP contribution is 2.19. The number of nitrogens with zero attached hydrogens (tertiary/aromatic N) is 2. The molecule has 0 radical (unpaired) electrons. The summed E-state index contributed by atoms with van der Waals surface area (Å²) in [6.45, 7) is 10.1. The van der Waals surface area contributed by atoms with Crippen LogP contribution >= 0.6 is 0 Å². The average Bonchev–Trinajstić information content (AvgIpc) is 2.60.